The Bertz CT molecular complexity index is 969. The Morgan fingerprint density at radius 1 is 0.351 bits per heavy atom. The summed E-state index contributed by atoms with van der Waals surface area (Å²) in [5.74, 6) is -0.914. The fourth-order valence-corrected chi connectivity index (χ4v) is 6.90. The summed E-state index contributed by atoms with van der Waals surface area (Å²) >= 11 is 0. The lowest BCUT2D eigenvalue weighted by atomic mass is 10.1. The highest BCUT2D eigenvalue weighted by atomic mass is 16.6. The van der Waals surface area contributed by atoms with E-state index in [0.29, 0.717) is 19.3 Å². The highest BCUT2D eigenvalue weighted by Gasteiger charge is 2.19. The molecule has 0 saturated carbocycles. The number of rotatable bonds is 44. The van der Waals surface area contributed by atoms with E-state index >= 15 is 0 Å². The Hall–Kier alpha value is -2.37. The zero-order valence-corrected chi connectivity index (χ0v) is 37.9. The third-order valence-corrected chi connectivity index (χ3v) is 10.6. The van der Waals surface area contributed by atoms with Gasteiger partial charge < -0.3 is 14.2 Å². The molecule has 0 rings (SSSR count). The van der Waals surface area contributed by atoms with Gasteiger partial charge in [0.25, 0.3) is 0 Å². The van der Waals surface area contributed by atoms with E-state index in [1.54, 1.807) is 0 Å². The molecule has 0 heterocycles. The monoisotopic (exact) mass is 801 g/mol. The van der Waals surface area contributed by atoms with Crippen LogP contribution in [0.1, 0.15) is 252 Å². The van der Waals surface area contributed by atoms with Crippen LogP contribution in [0.3, 0.4) is 0 Å². The van der Waals surface area contributed by atoms with Crippen molar-refractivity contribution in [2.75, 3.05) is 13.2 Å². The van der Waals surface area contributed by atoms with Gasteiger partial charge in [-0.1, -0.05) is 198 Å². The van der Waals surface area contributed by atoms with E-state index in [1.807, 2.05) is 0 Å². The van der Waals surface area contributed by atoms with Crippen LogP contribution in [0, 0.1) is 0 Å². The Labute approximate surface area is 353 Å². The molecule has 0 fully saturated rings. The number of hydrogen-bond donors (Lipinski definition) is 0. The third kappa shape index (κ3) is 44.6. The number of carbonyl (C=O) groups is 3. The number of unbranched alkanes of at least 4 members (excludes halogenated alkanes) is 28. The summed E-state index contributed by atoms with van der Waals surface area (Å²) in [6, 6.07) is 0. The topological polar surface area (TPSA) is 78.9 Å². The van der Waals surface area contributed by atoms with Crippen LogP contribution >= 0.6 is 0 Å². The molecule has 0 aromatic heterocycles. The second-order valence-corrected chi connectivity index (χ2v) is 16.4. The van der Waals surface area contributed by atoms with Crippen LogP contribution in [0.25, 0.3) is 0 Å². The van der Waals surface area contributed by atoms with E-state index < -0.39 is 6.10 Å². The molecule has 57 heavy (non-hydrogen) atoms. The standard InChI is InChI=1S/C51H92O6/c1-4-7-10-13-16-19-22-24-25-26-27-30-32-35-38-41-44-50(53)56-47-48(46-55-49(52)43-40-37-34-31-28-21-18-15-12-9-6-3)57-51(54)45-42-39-36-33-29-23-20-17-14-11-8-5-2/h17,20,25-27,30,48H,4-16,18-19,21-24,28-29,31-47H2,1-3H3/b20-17-,26-25-,30-27-. The first-order valence-corrected chi connectivity index (χ1v) is 24.5. The first kappa shape index (κ1) is 54.6. The number of ether oxygens (including phenoxy) is 3. The van der Waals surface area contributed by atoms with Crippen LogP contribution in [0.15, 0.2) is 36.5 Å². The molecule has 0 aromatic carbocycles. The van der Waals surface area contributed by atoms with Gasteiger partial charge in [0.1, 0.15) is 13.2 Å². The number of allylic oxidation sites excluding steroid dienone is 6. The van der Waals surface area contributed by atoms with Crippen LogP contribution < -0.4 is 0 Å². The molecular formula is C51H92O6. The average Bonchev–Trinajstić information content (AvgIpc) is 3.21. The number of hydrogen-bond acceptors (Lipinski definition) is 6. The molecule has 0 bridgehead atoms. The maximum Gasteiger partial charge on any atom is 0.306 e. The van der Waals surface area contributed by atoms with Crippen molar-refractivity contribution in [1.82, 2.24) is 0 Å². The van der Waals surface area contributed by atoms with E-state index in [9.17, 15) is 14.4 Å². The summed E-state index contributed by atoms with van der Waals surface area (Å²) in [5.41, 5.74) is 0. The highest BCUT2D eigenvalue weighted by Crippen LogP contribution is 2.14. The first-order chi connectivity index (χ1) is 28.0. The fourth-order valence-electron chi connectivity index (χ4n) is 6.90. The number of esters is 3. The summed E-state index contributed by atoms with van der Waals surface area (Å²) < 4.78 is 16.7. The minimum atomic E-state index is -0.782. The Kier molecular flexibility index (Phi) is 44.4. The van der Waals surface area contributed by atoms with E-state index in [-0.39, 0.29) is 31.1 Å². The number of carbonyl (C=O) groups excluding carboxylic acids is 3. The minimum Gasteiger partial charge on any atom is -0.462 e. The van der Waals surface area contributed by atoms with Gasteiger partial charge in [0.05, 0.1) is 0 Å². The van der Waals surface area contributed by atoms with E-state index in [4.69, 9.17) is 14.2 Å². The van der Waals surface area contributed by atoms with Crippen molar-refractivity contribution in [1.29, 1.82) is 0 Å². The molecule has 0 aromatic rings. The van der Waals surface area contributed by atoms with Crippen molar-refractivity contribution in [3.05, 3.63) is 36.5 Å². The second-order valence-electron chi connectivity index (χ2n) is 16.4. The quantitative estimate of drug-likeness (QED) is 0.0201. The Morgan fingerprint density at radius 2 is 0.632 bits per heavy atom. The SMILES string of the molecule is CCCCC/C=C\CCCCCCCC(=O)OC(COC(=O)CCCCC/C=C\C=C/CCCCCCCCC)COC(=O)CCCCCCCCCCCCC. The van der Waals surface area contributed by atoms with Gasteiger partial charge in [-0.3, -0.25) is 14.4 Å². The van der Waals surface area contributed by atoms with Gasteiger partial charge >= 0.3 is 17.9 Å². The van der Waals surface area contributed by atoms with Gasteiger partial charge in [0.2, 0.25) is 0 Å². The fraction of sp³-hybridized carbons (Fsp3) is 0.824. The van der Waals surface area contributed by atoms with Gasteiger partial charge in [-0.2, -0.15) is 0 Å². The zero-order chi connectivity index (χ0) is 41.5. The van der Waals surface area contributed by atoms with Gasteiger partial charge in [0.15, 0.2) is 6.10 Å². The molecule has 0 saturated heterocycles. The maximum absolute atomic E-state index is 12.7. The molecule has 0 N–H and O–H groups in total. The lowest BCUT2D eigenvalue weighted by Crippen LogP contribution is -2.30. The highest BCUT2D eigenvalue weighted by molar-refractivity contribution is 5.71. The largest absolute Gasteiger partial charge is 0.462 e. The van der Waals surface area contributed by atoms with Crippen molar-refractivity contribution in [2.45, 2.75) is 258 Å². The summed E-state index contributed by atoms with van der Waals surface area (Å²) in [4.78, 5) is 37.8. The minimum absolute atomic E-state index is 0.0817. The maximum atomic E-state index is 12.7. The predicted molar refractivity (Wildman–Crippen MR) is 242 cm³/mol. The van der Waals surface area contributed by atoms with Gasteiger partial charge in [-0.05, 0) is 70.6 Å². The molecular weight excluding hydrogens is 709 g/mol. The van der Waals surface area contributed by atoms with E-state index in [1.165, 1.54) is 128 Å². The summed E-state index contributed by atoms with van der Waals surface area (Å²) in [5, 5.41) is 0. The summed E-state index contributed by atoms with van der Waals surface area (Å²) in [6.45, 7) is 6.58. The van der Waals surface area contributed by atoms with Crippen molar-refractivity contribution >= 4 is 17.9 Å². The molecule has 6 heteroatoms. The normalized spacial score (nSPS) is 12.3. The Balaban J connectivity index is 4.40. The van der Waals surface area contributed by atoms with Crippen molar-refractivity contribution < 1.29 is 28.6 Å². The smallest absolute Gasteiger partial charge is 0.306 e. The van der Waals surface area contributed by atoms with E-state index in [2.05, 4.69) is 57.2 Å². The molecule has 0 aliphatic heterocycles. The molecule has 6 nitrogen and oxygen atoms in total. The van der Waals surface area contributed by atoms with E-state index in [0.717, 1.165) is 83.5 Å². The first-order valence-electron chi connectivity index (χ1n) is 24.5. The van der Waals surface area contributed by atoms with Crippen molar-refractivity contribution in [3.63, 3.8) is 0 Å². The van der Waals surface area contributed by atoms with Crippen molar-refractivity contribution in [2.24, 2.45) is 0 Å². The molecule has 0 radical (unpaired) electrons. The molecule has 0 amide bonds. The van der Waals surface area contributed by atoms with Crippen LogP contribution in [-0.2, 0) is 28.6 Å². The molecule has 1 atom stereocenters. The van der Waals surface area contributed by atoms with Crippen LogP contribution in [0.4, 0.5) is 0 Å². The van der Waals surface area contributed by atoms with Gasteiger partial charge in [-0.15, -0.1) is 0 Å². The van der Waals surface area contributed by atoms with Crippen molar-refractivity contribution in [3.8, 4) is 0 Å². The van der Waals surface area contributed by atoms with Crippen LogP contribution in [0.5, 0.6) is 0 Å². The average molecular weight is 801 g/mol. The van der Waals surface area contributed by atoms with Gasteiger partial charge in [0, 0.05) is 19.3 Å². The second kappa shape index (κ2) is 46.3. The summed E-state index contributed by atoms with van der Waals surface area (Å²) in [6.07, 6.45) is 52.7. The van der Waals surface area contributed by atoms with Gasteiger partial charge in [-0.25, -0.2) is 0 Å². The lowest BCUT2D eigenvalue weighted by Gasteiger charge is -2.18. The van der Waals surface area contributed by atoms with Crippen LogP contribution in [-0.4, -0.2) is 37.2 Å². The molecule has 0 aliphatic rings. The molecule has 332 valence electrons. The predicted octanol–water partition coefficient (Wildman–Crippen LogP) is 15.8. The van der Waals surface area contributed by atoms with Crippen LogP contribution in [0.2, 0.25) is 0 Å². The molecule has 0 aliphatic carbocycles. The zero-order valence-electron chi connectivity index (χ0n) is 37.9. The molecule has 0 spiro atoms. The lowest BCUT2D eigenvalue weighted by molar-refractivity contribution is -0.167. The summed E-state index contributed by atoms with van der Waals surface area (Å²) in [7, 11) is 0. The molecule has 1 unspecified atom stereocenters. The third-order valence-electron chi connectivity index (χ3n) is 10.6. The Morgan fingerprint density at radius 3 is 1.04 bits per heavy atom.